The van der Waals surface area contributed by atoms with Crippen LogP contribution in [0.15, 0.2) is 108 Å². The van der Waals surface area contributed by atoms with E-state index in [1.165, 1.54) is 109 Å². The Morgan fingerprint density at radius 2 is 1.47 bits per heavy atom. The summed E-state index contributed by atoms with van der Waals surface area (Å²) < 4.78 is 0. The van der Waals surface area contributed by atoms with Crippen LogP contribution in [0.4, 0.5) is 0 Å². The summed E-state index contributed by atoms with van der Waals surface area (Å²) in [4.78, 5) is 0. The van der Waals surface area contributed by atoms with Gasteiger partial charge in [-0.25, -0.2) is 0 Å². The second kappa shape index (κ2) is 18.8. The van der Waals surface area contributed by atoms with Crippen LogP contribution in [0.25, 0.3) is 0 Å². The number of hydrogen-bond donors (Lipinski definition) is 2. The van der Waals surface area contributed by atoms with Crippen molar-refractivity contribution in [2.75, 3.05) is 13.1 Å². The highest BCUT2D eigenvalue weighted by atomic mass is 14.9. The van der Waals surface area contributed by atoms with E-state index in [1.54, 1.807) is 16.7 Å². The van der Waals surface area contributed by atoms with Crippen LogP contribution in [0.1, 0.15) is 124 Å². The van der Waals surface area contributed by atoms with Crippen molar-refractivity contribution in [2.24, 2.45) is 76.9 Å². The molecular formula is C53H76N2. The molecule has 0 aromatic heterocycles. The zero-order valence-corrected chi connectivity index (χ0v) is 35.0. The molecule has 8 aliphatic rings. The van der Waals surface area contributed by atoms with Gasteiger partial charge in [-0.05, 0) is 191 Å². The fourth-order valence-corrected chi connectivity index (χ4v) is 13.1. The van der Waals surface area contributed by atoms with Gasteiger partial charge in [-0.3, -0.25) is 0 Å². The van der Waals surface area contributed by atoms with Crippen molar-refractivity contribution in [1.29, 1.82) is 0 Å². The van der Waals surface area contributed by atoms with Gasteiger partial charge in [0.15, 0.2) is 0 Å². The minimum atomic E-state index is 0.528. The number of rotatable bonds is 15. The Kier molecular flexibility index (Phi) is 13.4. The van der Waals surface area contributed by atoms with Gasteiger partial charge >= 0.3 is 0 Å². The predicted octanol–water partition coefficient (Wildman–Crippen LogP) is 13.0. The fraction of sp³-hybridized carbons (Fsp3) is 0.660. The summed E-state index contributed by atoms with van der Waals surface area (Å²) in [6, 6.07) is 0.528. The van der Waals surface area contributed by atoms with Crippen molar-refractivity contribution >= 4 is 0 Å². The third-order valence-electron chi connectivity index (χ3n) is 16.6. The lowest BCUT2D eigenvalue weighted by Gasteiger charge is -2.43. The molecule has 1 aliphatic heterocycles. The Morgan fingerprint density at radius 1 is 0.673 bits per heavy atom. The number of nitrogens with one attached hydrogen (secondary N) is 2. The molecule has 298 valence electrons. The quantitative estimate of drug-likeness (QED) is 0.163. The molecule has 0 saturated heterocycles. The molecule has 0 bridgehead atoms. The van der Waals surface area contributed by atoms with Crippen LogP contribution in [0.2, 0.25) is 0 Å². The molecule has 2 nitrogen and oxygen atoms in total. The lowest BCUT2D eigenvalue weighted by molar-refractivity contribution is 0.189. The van der Waals surface area contributed by atoms with Crippen molar-refractivity contribution < 1.29 is 0 Å². The Hall–Kier alpha value is -2.58. The SMILES string of the molecule is CCC(CCC(C)C1=CNCC1)C(CCC(C)C1=C2C=CC=CC2C(C2C=CC(C3C=CCC4C=CCCC43)CC2)CC1)CNC1C=CC2CCC=CC2C1. The summed E-state index contributed by atoms with van der Waals surface area (Å²) >= 11 is 0. The first kappa shape index (κ1) is 39.3. The second-order valence-electron chi connectivity index (χ2n) is 19.6. The first-order valence-corrected chi connectivity index (χ1v) is 23.7. The maximum absolute atomic E-state index is 4.15. The van der Waals surface area contributed by atoms with E-state index < -0.39 is 0 Å². The predicted molar refractivity (Wildman–Crippen MR) is 235 cm³/mol. The van der Waals surface area contributed by atoms with E-state index >= 15 is 0 Å². The summed E-state index contributed by atoms with van der Waals surface area (Å²) in [5.74, 6) is 9.64. The minimum Gasteiger partial charge on any atom is -0.391 e. The van der Waals surface area contributed by atoms with E-state index in [0.29, 0.717) is 23.8 Å². The average Bonchev–Trinajstić information content (AvgIpc) is 3.79. The molecule has 0 spiro atoms. The van der Waals surface area contributed by atoms with Gasteiger partial charge in [0.25, 0.3) is 0 Å². The topological polar surface area (TPSA) is 24.1 Å². The van der Waals surface area contributed by atoms with Crippen molar-refractivity contribution in [3.8, 4) is 0 Å². The van der Waals surface area contributed by atoms with Crippen LogP contribution >= 0.6 is 0 Å². The molecule has 0 saturated carbocycles. The molecule has 0 fully saturated rings. The van der Waals surface area contributed by atoms with Crippen LogP contribution in [-0.4, -0.2) is 19.1 Å². The van der Waals surface area contributed by atoms with Gasteiger partial charge in [0.2, 0.25) is 0 Å². The third kappa shape index (κ3) is 9.27. The summed E-state index contributed by atoms with van der Waals surface area (Å²) in [6.07, 6.45) is 58.9. The molecular weight excluding hydrogens is 665 g/mol. The fourth-order valence-electron chi connectivity index (χ4n) is 13.1. The molecule has 0 radical (unpaired) electrons. The molecule has 0 aromatic carbocycles. The Labute approximate surface area is 337 Å². The second-order valence-corrected chi connectivity index (χ2v) is 19.6. The van der Waals surface area contributed by atoms with Crippen LogP contribution in [0, 0.1) is 76.9 Å². The van der Waals surface area contributed by atoms with E-state index in [9.17, 15) is 0 Å². The smallest absolute Gasteiger partial charge is 0.0256 e. The van der Waals surface area contributed by atoms with Crippen LogP contribution in [0.5, 0.6) is 0 Å². The molecule has 1 heterocycles. The van der Waals surface area contributed by atoms with Gasteiger partial charge in [0.05, 0.1) is 0 Å². The zero-order valence-electron chi connectivity index (χ0n) is 35.0. The van der Waals surface area contributed by atoms with Crippen molar-refractivity contribution in [2.45, 2.75) is 130 Å². The van der Waals surface area contributed by atoms with Gasteiger partial charge in [0, 0.05) is 18.5 Å². The zero-order chi connectivity index (χ0) is 37.6. The first-order valence-electron chi connectivity index (χ1n) is 23.7. The van der Waals surface area contributed by atoms with E-state index in [-0.39, 0.29) is 0 Å². The maximum Gasteiger partial charge on any atom is 0.0256 e. The van der Waals surface area contributed by atoms with E-state index in [1.807, 2.05) is 0 Å². The highest BCUT2D eigenvalue weighted by Crippen LogP contribution is 2.50. The number of fused-ring (bicyclic) bond motifs is 3. The lowest BCUT2D eigenvalue weighted by Crippen LogP contribution is -2.39. The lowest BCUT2D eigenvalue weighted by atomic mass is 9.61. The molecule has 0 aromatic rings. The number of allylic oxidation sites excluding steroid dienone is 15. The highest BCUT2D eigenvalue weighted by Gasteiger charge is 2.39. The minimum absolute atomic E-state index is 0.528. The monoisotopic (exact) mass is 741 g/mol. The summed E-state index contributed by atoms with van der Waals surface area (Å²) in [7, 11) is 0. The van der Waals surface area contributed by atoms with E-state index in [0.717, 1.165) is 65.7 Å². The Balaban J connectivity index is 0.917. The van der Waals surface area contributed by atoms with Crippen LogP contribution in [-0.2, 0) is 0 Å². The number of hydrogen-bond acceptors (Lipinski definition) is 2. The normalized spacial score (nSPS) is 37.1. The van der Waals surface area contributed by atoms with E-state index in [2.05, 4.69) is 123 Å². The molecule has 0 amide bonds. The highest BCUT2D eigenvalue weighted by molar-refractivity contribution is 5.40. The maximum atomic E-state index is 4.15. The Bertz CT molecular complexity index is 1560. The summed E-state index contributed by atoms with van der Waals surface area (Å²) in [5, 5.41) is 7.63. The molecule has 55 heavy (non-hydrogen) atoms. The Morgan fingerprint density at radius 3 is 2.31 bits per heavy atom. The molecule has 14 unspecified atom stereocenters. The third-order valence-corrected chi connectivity index (χ3v) is 16.6. The van der Waals surface area contributed by atoms with E-state index in [4.69, 9.17) is 0 Å². The van der Waals surface area contributed by atoms with Crippen LogP contribution in [0.3, 0.4) is 0 Å². The summed E-state index contributed by atoms with van der Waals surface area (Å²) in [5.41, 5.74) is 5.14. The van der Waals surface area contributed by atoms with Crippen molar-refractivity contribution in [1.82, 2.24) is 10.6 Å². The largest absolute Gasteiger partial charge is 0.391 e. The van der Waals surface area contributed by atoms with Gasteiger partial charge < -0.3 is 10.6 Å². The molecule has 2 N–H and O–H groups in total. The van der Waals surface area contributed by atoms with Crippen LogP contribution < -0.4 is 10.6 Å². The van der Waals surface area contributed by atoms with Gasteiger partial charge in [-0.1, -0.05) is 118 Å². The average molecular weight is 741 g/mol. The van der Waals surface area contributed by atoms with Crippen molar-refractivity contribution in [3.05, 3.63) is 108 Å². The standard InChI is InChI=1S/C53H76N2/c1-4-39(22-20-37(2)45-32-33-54-35-45)46(36-55-47-29-28-40-12-5-6-14-44(40)34-47)23-21-38(3)48-30-31-51(53-18-10-9-17-52(48)53)43-26-24-42(25-27-43)50-19-11-15-41-13-7-8-16-49(41)50/h6-7,9-11,13-14,17-19,24,26,28-29,35,37-44,46-47,49-51,53-55H,4-5,8,12,15-16,20-23,25,27,30-34,36H2,1-3H3. The summed E-state index contributed by atoms with van der Waals surface area (Å²) in [6.45, 7) is 9.85. The van der Waals surface area contributed by atoms with Crippen molar-refractivity contribution in [3.63, 3.8) is 0 Å². The van der Waals surface area contributed by atoms with Gasteiger partial charge in [-0.15, -0.1) is 0 Å². The van der Waals surface area contributed by atoms with Gasteiger partial charge in [0.1, 0.15) is 0 Å². The molecule has 2 heteroatoms. The molecule has 7 aliphatic carbocycles. The first-order chi connectivity index (χ1) is 27.1. The van der Waals surface area contributed by atoms with Gasteiger partial charge in [-0.2, -0.15) is 0 Å². The molecule has 14 atom stereocenters. The molecule has 8 rings (SSSR count).